The van der Waals surface area contributed by atoms with Crippen LogP contribution in [0.15, 0.2) is 0 Å². The standard InChI is InChI=1S/C11H20N2O2S/c1-8(2)13(5-6-15-4)11-12-9(3)10(7-14)16-11/h8,14H,5-7H2,1-4H3. The number of aryl methyl sites for hydroxylation is 1. The Hall–Kier alpha value is -0.650. The quantitative estimate of drug-likeness (QED) is 0.829. The van der Waals surface area contributed by atoms with Crippen molar-refractivity contribution in [1.29, 1.82) is 0 Å². The van der Waals surface area contributed by atoms with Crippen molar-refractivity contribution < 1.29 is 9.84 Å². The van der Waals surface area contributed by atoms with Crippen molar-refractivity contribution in [3.05, 3.63) is 10.6 Å². The zero-order valence-corrected chi connectivity index (χ0v) is 11.2. The first-order valence-corrected chi connectivity index (χ1v) is 6.24. The Labute approximate surface area is 101 Å². The lowest BCUT2D eigenvalue weighted by Gasteiger charge is -2.25. The number of aromatic nitrogens is 1. The molecule has 0 bridgehead atoms. The van der Waals surface area contributed by atoms with Crippen molar-refractivity contribution in [2.24, 2.45) is 0 Å². The van der Waals surface area contributed by atoms with Gasteiger partial charge >= 0.3 is 0 Å². The third kappa shape index (κ3) is 3.17. The topological polar surface area (TPSA) is 45.6 Å². The Kier molecular flexibility index (Phi) is 5.18. The molecule has 0 fully saturated rings. The predicted molar refractivity (Wildman–Crippen MR) is 67.1 cm³/mol. The molecule has 0 radical (unpaired) electrons. The van der Waals surface area contributed by atoms with Crippen LogP contribution in [0.4, 0.5) is 5.13 Å². The Bertz CT molecular complexity index is 326. The van der Waals surface area contributed by atoms with Gasteiger partial charge in [-0.25, -0.2) is 4.98 Å². The zero-order chi connectivity index (χ0) is 12.1. The summed E-state index contributed by atoms with van der Waals surface area (Å²) in [6.07, 6.45) is 0. The molecule has 1 aromatic rings. The third-order valence-corrected chi connectivity index (χ3v) is 3.61. The summed E-state index contributed by atoms with van der Waals surface area (Å²) in [7, 11) is 1.70. The summed E-state index contributed by atoms with van der Waals surface area (Å²) in [6.45, 7) is 7.77. The summed E-state index contributed by atoms with van der Waals surface area (Å²) >= 11 is 1.56. The van der Waals surface area contributed by atoms with E-state index in [-0.39, 0.29) is 6.61 Å². The van der Waals surface area contributed by atoms with Crippen LogP contribution < -0.4 is 4.90 Å². The number of ether oxygens (including phenoxy) is 1. The summed E-state index contributed by atoms with van der Waals surface area (Å²) in [5.74, 6) is 0. The van der Waals surface area contributed by atoms with E-state index in [0.29, 0.717) is 12.6 Å². The molecule has 0 saturated heterocycles. The molecular formula is C11H20N2O2S. The van der Waals surface area contributed by atoms with Crippen LogP contribution in [0.2, 0.25) is 0 Å². The van der Waals surface area contributed by atoms with Crippen molar-refractivity contribution in [3.8, 4) is 0 Å². The lowest BCUT2D eigenvalue weighted by atomic mass is 10.3. The van der Waals surface area contributed by atoms with Crippen molar-refractivity contribution in [3.63, 3.8) is 0 Å². The molecular weight excluding hydrogens is 224 g/mol. The molecule has 1 aromatic heterocycles. The van der Waals surface area contributed by atoms with Crippen LogP contribution in [0.5, 0.6) is 0 Å². The molecule has 16 heavy (non-hydrogen) atoms. The SMILES string of the molecule is COCCN(c1nc(C)c(CO)s1)C(C)C. The van der Waals surface area contributed by atoms with Gasteiger partial charge < -0.3 is 14.7 Å². The second-order valence-corrected chi connectivity index (χ2v) is 5.01. The number of nitrogens with zero attached hydrogens (tertiary/aromatic N) is 2. The van der Waals surface area contributed by atoms with Crippen LogP contribution >= 0.6 is 11.3 Å². The van der Waals surface area contributed by atoms with Crippen LogP contribution in [-0.2, 0) is 11.3 Å². The van der Waals surface area contributed by atoms with Gasteiger partial charge in [0.15, 0.2) is 5.13 Å². The first-order chi connectivity index (χ1) is 7.60. The van der Waals surface area contributed by atoms with Gasteiger partial charge in [-0.2, -0.15) is 0 Å². The van der Waals surface area contributed by atoms with E-state index in [4.69, 9.17) is 9.84 Å². The Balaban J connectivity index is 2.83. The second-order valence-electron chi connectivity index (χ2n) is 3.94. The number of aliphatic hydroxyl groups excluding tert-OH is 1. The maximum absolute atomic E-state index is 9.16. The van der Waals surface area contributed by atoms with Crippen molar-refractivity contribution in [1.82, 2.24) is 4.98 Å². The molecule has 0 aromatic carbocycles. The van der Waals surface area contributed by atoms with Gasteiger partial charge in [0.05, 0.1) is 23.8 Å². The van der Waals surface area contributed by atoms with Gasteiger partial charge in [-0.1, -0.05) is 11.3 Å². The molecule has 0 unspecified atom stereocenters. The van der Waals surface area contributed by atoms with Gasteiger partial charge in [-0.05, 0) is 20.8 Å². The minimum absolute atomic E-state index is 0.0692. The number of methoxy groups -OCH3 is 1. The number of hydrogen-bond acceptors (Lipinski definition) is 5. The Morgan fingerprint density at radius 1 is 1.50 bits per heavy atom. The monoisotopic (exact) mass is 244 g/mol. The molecule has 4 nitrogen and oxygen atoms in total. The van der Waals surface area contributed by atoms with E-state index < -0.39 is 0 Å². The summed E-state index contributed by atoms with van der Waals surface area (Å²) in [6, 6.07) is 0.382. The van der Waals surface area contributed by atoms with E-state index in [9.17, 15) is 0 Å². The van der Waals surface area contributed by atoms with Crippen molar-refractivity contribution >= 4 is 16.5 Å². The van der Waals surface area contributed by atoms with E-state index in [2.05, 4.69) is 23.7 Å². The molecule has 0 amide bonds. The van der Waals surface area contributed by atoms with Gasteiger partial charge in [0.2, 0.25) is 0 Å². The minimum Gasteiger partial charge on any atom is -0.391 e. The molecule has 1 rings (SSSR count). The highest BCUT2D eigenvalue weighted by Crippen LogP contribution is 2.27. The average Bonchev–Trinajstić information content (AvgIpc) is 2.59. The lowest BCUT2D eigenvalue weighted by molar-refractivity contribution is 0.204. The largest absolute Gasteiger partial charge is 0.391 e. The zero-order valence-electron chi connectivity index (χ0n) is 10.4. The highest BCUT2D eigenvalue weighted by molar-refractivity contribution is 7.15. The van der Waals surface area contributed by atoms with Crippen LogP contribution in [0.25, 0.3) is 0 Å². The van der Waals surface area contributed by atoms with E-state index in [0.717, 1.165) is 22.2 Å². The van der Waals surface area contributed by atoms with Crippen LogP contribution in [-0.4, -0.2) is 36.4 Å². The molecule has 0 aliphatic carbocycles. The van der Waals surface area contributed by atoms with E-state index in [1.54, 1.807) is 18.4 Å². The van der Waals surface area contributed by atoms with Gasteiger partial charge in [0, 0.05) is 19.7 Å². The summed E-state index contributed by atoms with van der Waals surface area (Å²) in [5, 5.41) is 10.1. The van der Waals surface area contributed by atoms with Crippen LogP contribution in [0, 0.1) is 6.92 Å². The fraction of sp³-hybridized carbons (Fsp3) is 0.727. The van der Waals surface area contributed by atoms with Gasteiger partial charge in [-0.15, -0.1) is 0 Å². The van der Waals surface area contributed by atoms with Gasteiger partial charge in [0.1, 0.15) is 0 Å². The number of anilines is 1. The van der Waals surface area contributed by atoms with E-state index in [1.165, 1.54) is 0 Å². The second kappa shape index (κ2) is 6.18. The molecule has 0 aliphatic heterocycles. The lowest BCUT2D eigenvalue weighted by Crippen LogP contribution is -2.33. The normalized spacial score (nSPS) is 11.1. The molecule has 5 heteroatoms. The third-order valence-electron chi connectivity index (χ3n) is 2.43. The summed E-state index contributed by atoms with van der Waals surface area (Å²) in [4.78, 5) is 7.62. The first kappa shape index (κ1) is 13.4. The summed E-state index contributed by atoms with van der Waals surface area (Å²) < 4.78 is 5.09. The highest BCUT2D eigenvalue weighted by Gasteiger charge is 2.16. The molecule has 0 atom stereocenters. The number of rotatable bonds is 6. The molecule has 0 saturated carbocycles. The number of hydrogen-bond donors (Lipinski definition) is 1. The fourth-order valence-corrected chi connectivity index (χ4v) is 2.53. The smallest absolute Gasteiger partial charge is 0.186 e. The number of thiazole rings is 1. The molecule has 0 spiro atoms. The minimum atomic E-state index is 0.0692. The maximum Gasteiger partial charge on any atom is 0.186 e. The van der Waals surface area contributed by atoms with Gasteiger partial charge in [0.25, 0.3) is 0 Å². The van der Waals surface area contributed by atoms with E-state index in [1.807, 2.05) is 6.92 Å². The Morgan fingerprint density at radius 3 is 2.62 bits per heavy atom. The van der Waals surface area contributed by atoms with Crippen molar-refractivity contribution in [2.75, 3.05) is 25.2 Å². The molecule has 92 valence electrons. The first-order valence-electron chi connectivity index (χ1n) is 5.42. The average molecular weight is 244 g/mol. The molecule has 1 N–H and O–H groups in total. The highest BCUT2D eigenvalue weighted by atomic mass is 32.1. The summed E-state index contributed by atoms with van der Waals surface area (Å²) in [5.41, 5.74) is 0.922. The fourth-order valence-electron chi connectivity index (χ4n) is 1.45. The predicted octanol–water partition coefficient (Wildman–Crippen LogP) is 1.81. The molecule has 1 heterocycles. The van der Waals surface area contributed by atoms with Crippen LogP contribution in [0.3, 0.4) is 0 Å². The Morgan fingerprint density at radius 2 is 2.19 bits per heavy atom. The van der Waals surface area contributed by atoms with Crippen molar-refractivity contribution in [2.45, 2.75) is 33.4 Å². The van der Waals surface area contributed by atoms with Crippen LogP contribution in [0.1, 0.15) is 24.4 Å². The number of aliphatic hydroxyl groups is 1. The van der Waals surface area contributed by atoms with E-state index >= 15 is 0 Å². The van der Waals surface area contributed by atoms with Gasteiger partial charge in [-0.3, -0.25) is 0 Å². The maximum atomic E-state index is 9.16. The molecule has 0 aliphatic rings.